The van der Waals surface area contributed by atoms with E-state index in [9.17, 15) is 9.59 Å². The van der Waals surface area contributed by atoms with Gasteiger partial charge in [0.25, 0.3) is 11.8 Å². The SMILES string of the molecule is CN(C(=O)c1ccc(NC(=O)c2ccc(OCC3CCCO3)c(Br)c2)cc1)c1ccccc1. The van der Waals surface area contributed by atoms with Gasteiger partial charge in [-0.25, -0.2) is 0 Å². The first-order valence-electron chi connectivity index (χ1n) is 10.8. The Morgan fingerprint density at radius 3 is 2.45 bits per heavy atom. The van der Waals surface area contributed by atoms with Crippen LogP contribution in [0.3, 0.4) is 0 Å². The predicted octanol–water partition coefficient (Wildman–Crippen LogP) is 5.54. The number of benzene rings is 3. The summed E-state index contributed by atoms with van der Waals surface area (Å²) in [7, 11) is 1.74. The fourth-order valence-corrected chi connectivity index (χ4v) is 4.07. The average Bonchev–Trinajstić information content (AvgIpc) is 3.37. The molecule has 0 bridgehead atoms. The van der Waals surface area contributed by atoms with Gasteiger partial charge in [-0.1, -0.05) is 18.2 Å². The van der Waals surface area contributed by atoms with Crippen LogP contribution in [0.25, 0.3) is 0 Å². The van der Waals surface area contributed by atoms with Gasteiger partial charge in [-0.05, 0) is 83.4 Å². The molecule has 170 valence electrons. The van der Waals surface area contributed by atoms with Crippen LogP contribution >= 0.6 is 15.9 Å². The highest BCUT2D eigenvalue weighted by Gasteiger charge is 2.17. The molecule has 7 heteroatoms. The van der Waals surface area contributed by atoms with E-state index in [1.807, 2.05) is 30.3 Å². The molecule has 0 aliphatic carbocycles. The molecular weight excluding hydrogens is 484 g/mol. The van der Waals surface area contributed by atoms with Crippen LogP contribution in [0.1, 0.15) is 33.6 Å². The third kappa shape index (κ3) is 5.80. The Morgan fingerprint density at radius 2 is 1.79 bits per heavy atom. The summed E-state index contributed by atoms with van der Waals surface area (Å²) in [6, 6.07) is 21.5. The van der Waals surface area contributed by atoms with Crippen LogP contribution in [0.15, 0.2) is 77.3 Å². The maximum absolute atomic E-state index is 12.7. The van der Waals surface area contributed by atoms with Crippen molar-refractivity contribution < 1.29 is 19.1 Å². The Balaban J connectivity index is 1.36. The minimum absolute atomic E-state index is 0.124. The number of amides is 2. The molecule has 1 aliphatic rings. The van der Waals surface area contributed by atoms with Crippen LogP contribution in [0.5, 0.6) is 5.75 Å². The molecule has 0 spiro atoms. The standard InChI is InChI=1S/C26H25BrN2O4/c1-29(21-6-3-2-4-7-21)26(31)18-9-12-20(13-10-18)28-25(30)19-11-14-24(23(27)16-19)33-17-22-8-5-15-32-22/h2-4,6-7,9-14,16,22H,5,8,15,17H2,1H3,(H,28,30). The number of anilines is 2. The van der Waals surface area contributed by atoms with Crippen LogP contribution in [-0.2, 0) is 4.74 Å². The highest BCUT2D eigenvalue weighted by atomic mass is 79.9. The van der Waals surface area contributed by atoms with Crippen molar-refractivity contribution in [3.63, 3.8) is 0 Å². The number of ether oxygens (including phenoxy) is 2. The summed E-state index contributed by atoms with van der Waals surface area (Å²) < 4.78 is 12.1. The third-order valence-corrected chi connectivity index (χ3v) is 6.10. The van der Waals surface area contributed by atoms with Crippen LogP contribution in [0, 0.1) is 0 Å². The van der Waals surface area contributed by atoms with Gasteiger partial charge in [0.15, 0.2) is 0 Å². The Labute approximate surface area is 201 Å². The number of para-hydroxylation sites is 1. The Kier molecular flexibility index (Phi) is 7.42. The minimum Gasteiger partial charge on any atom is -0.490 e. The van der Waals surface area contributed by atoms with E-state index in [-0.39, 0.29) is 17.9 Å². The summed E-state index contributed by atoms with van der Waals surface area (Å²) in [5.41, 5.74) is 2.45. The molecule has 2 amide bonds. The first-order valence-corrected chi connectivity index (χ1v) is 11.6. The van der Waals surface area contributed by atoms with Crippen molar-refractivity contribution in [2.45, 2.75) is 18.9 Å². The van der Waals surface area contributed by atoms with Gasteiger partial charge in [0.05, 0.1) is 10.6 Å². The van der Waals surface area contributed by atoms with Crippen LogP contribution in [0.2, 0.25) is 0 Å². The maximum atomic E-state index is 12.7. The summed E-state index contributed by atoms with van der Waals surface area (Å²) in [5.74, 6) is 0.302. The van der Waals surface area contributed by atoms with Gasteiger partial charge in [0.1, 0.15) is 12.4 Å². The van der Waals surface area contributed by atoms with Gasteiger partial charge >= 0.3 is 0 Å². The van der Waals surface area contributed by atoms with Crippen LogP contribution in [-0.4, -0.2) is 38.2 Å². The first kappa shape index (κ1) is 23.0. The van der Waals surface area contributed by atoms with Crippen LogP contribution in [0.4, 0.5) is 11.4 Å². The molecule has 3 aromatic carbocycles. The molecule has 0 aromatic heterocycles. The van der Waals surface area contributed by atoms with Gasteiger partial charge in [0, 0.05) is 36.2 Å². The number of carbonyl (C=O) groups is 2. The zero-order valence-corrected chi connectivity index (χ0v) is 19.9. The molecule has 0 saturated carbocycles. The van der Waals surface area contributed by atoms with E-state index in [1.165, 1.54) is 0 Å². The molecule has 1 unspecified atom stereocenters. The van der Waals surface area contributed by atoms with Crippen molar-refractivity contribution in [1.82, 2.24) is 0 Å². The molecule has 4 rings (SSSR count). The van der Waals surface area contributed by atoms with E-state index in [1.54, 1.807) is 54.4 Å². The second-order valence-corrected chi connectivity index (χ2v) is 8.68. The zero-order chi connectivity index (χ0) is 23.2. The molecule has 33 heavy (non-hydrogen) atoms. The van der Waals surface area contributed by atoms with Crippen molar-refractivity contribution in [2.75, 3.05) is 30.5 Å². The average molecular weight is 509 g/mol. The zero-order valence-electron chi connectivity index (χ0n) is 18.3. The lowest BCUT2D eigenvalue weighted by molar-refractivity contribution is 0.0677. The van der Waals surface area contributed by atoms with E-state index in [2.05, 4.69) is 21.2 Å². The number of nitrogens with zero attached hydrogens (tertiary/aromatic N) is 1. The van der Waals surface area contributed by atoms with Crippen molar-refractivity contribution in [2.24, 2.45) is 0 Å². The predicted molar refractivity (Wildman–Crippen MR) is 132 cm³/mol. The van der Waals surface area contributed by atoms with E-state index in [0.29, 0.717) is 33.6 Å². The van der Waals surface area contributed by atoms with Crippen molar-refractivity contribution in [1.29, 1.82) is 0 Å². The second-order valence-electron chi connectivity index (χ2n) is 7.82. The van der Waals surface area contributed by atoms with Gasteiger partial charge in [-0.2, -0.15) is 0 Å². The lowest BCUT2D eigenvalue weighted by Crippen LogP contribution is -2.26. The van der Waals surface area contributed by atoms with Crippen molar-refractivity contribution >= 4 is 39.1 Å². The number of nitrogens with one attached hydrogen (secondary N) is 1. The Bertz CT molecular complexity index is 1110. The summed E-state index contributed by atoms with van der Waals surface area (Å²) in [6.07, 6.45) is 2.19. The molecule has 0 radical (unpaired) electrons. The third-order valence-electron chi connectivity index (χ3n) is 5.48. The Hall–Kier alpha value is -3.16. The summed E-state index contributed by atoms with van der Waals surface area (Å²) in [5, 5.41) is 2.86. The fourth-order valence-electron chi connectivity index (χ4n) is 3.58. The van der Waals surface area contributed by atoms with Crippen LogP contribution < -0.4 is 15.0 Å². The monoisotopic (exact) mass is 508 g/mol. The lowest BCUT2D eigenvalue weighted by atomic mass is 10.1. The molecule has 1 heterocycles. The van der Waals surface area contributed by atoms with Gasteiger partial charge in [-0.15, -0.1) is 0 Å². The summed E-state index contributed by atoms with van der Waals surface area (Å²) >= 11 is 3.48. The van der Waals surface area contributed by atoms with Gasteiger partial charge < -0.3 is 19.7 Å². The minimum atomic E-state index is -0.248. The number of hydrogen-bond acceptors (Lipinski definition) is 4. The number of carbonyl (C=O) groups excluding carboxylic acids is 2. The lowest BCUT2D eigenvalue weighted by Gasteiger charge is -2.17. The fraction of sp³-hybridized carbons (Fsp3) is 0.231. The highest BCUT2D eigenvalue weighted by molar-refractivity contribution is 9.10. The molecule has 3 aromatic rings. The second kappa shape index (κ2) is 10.6. The van der Waals surface area contributed by atoms with E-state index in [0.717, 1.165) is 25.1 Å². The molecule has 1 fully saturated rings. The summed E-state index contributed by atoms with van der Waals surface area (Å²) in [4.78, 5) is 27.0. The smallest absolute Gasteiger partial charge is 0.258 e. The maximum Gasteiger partial charge on any atom is 0.258 e. The van der Waals surface area contributed by atoms with E-state index in [4.69, 9.17) is 9.47 Å². The quantitative estimate of drug-likeness (QED) is 0.455. The number of hydrogen-bond donors (Lipinski definition) is 1. The molecule has 1 aliphatic heterocycles. The summed E-state index contributed by atoms with van der Waals surface area (Å²) in [6.45, 7) is 1.28. The molecule has 1 N–H and O–H groups in total. The van der Waals surface area contributed by atoms with E-state index < -0.39 is 0 Å². The molecular formula is C26H25BrN2O4. The van der Waals surface area contributed by atoms with E-state index >= 15 is 0 Å². The topological polar surface area (TPSA) is 67.9 Å². The largest absolute Gasteiger partial charge is 0.490 e. The molecule has 1 saturated heterocycles. The highest BCUT2D eigenvalue weighted by Crippen LogP contribution is 2.27. The van der Waals surface area contributed by atoms with Crippen molar-refractivity contribution in [3.8, 4) is 5.75 Å². The van der Waals surface area contributed by atoms with Gasteiger partial charge in [0.2, 0.25) is 0 Å². The number of halogens is 1. The van der Waals surface area contributed by atoms with Crippen molar-refractivity contribution in [3.05, 3.63) is 88.4 Å². The first-order chi connectivity index (χ1) is 16.0. The van der Waals surface area contributed by atoms with Gasteiger partial charge in [-0.3, -0.25) is 9.59 Å². The molecule has 1 atom stereocenters. The number of rotatable bonds is 7. The normalized spacial score (nSPS) is 15.2. The molecule has 6 nitrogen and oxygen atoms in total. The Morgan fingerprint density at radius 1 is 1.06 bits per heavy atom.